The summed E-state index contributed by atoms with van der Waals surface area (Å²) in [7, 11) is 0. The van der Waals surface area contributed by atoms with Gasteiger partial charge in [-0.15, -0.1) is 0 Å². The van der Waals surface area contributed by atoms with Gasteiger partial charge in [0.15, 0.2) is 0 Å². The van der Waals surface area contributed by atoms with Crippen molar-refractivity contribution in [1.82, 2.24) is 14.9 Å². The second kappa shape index (κ2) is 5.48. The minimum Gasteiger partial charge on any atom is -0.334 e. The molecule has 3 nitrogen and oxygen atoms in total. The van der Waals surface area contributed by atoms with E-state index in [2.05, 4.69) is 49.5 Å². The average molecular weight is 223 g/mol. The lowest BCUT2D eigenvalue weighted by atomic mass is 9.82. The summed E-state index contributed by atoms with van der Waals surface area (Å²) in [6, 6.07) is 0. The third kappa shape index (κ3) is 3.63. The lowest BCUT2D eigenvalue weighted by molar-refractivity contribution is 0.252. The molecule has 0 amide bonds. The highest BCUT2D eigenvalue weighted by Crippen LogP contribution is 2.24. The van der Waals surface area contributed by atoms with E-state index in [1.54, 1.807) is 0 Å². The number of imidazole rings is 1. The van der Waals surface area contributed by atoms with Crippen molar-refractivity contribution in [3.63, 3.8) is 0 Å². The summed E-state index contributed by atoms with van der Waals surface area (Å²) in [5.41, 5.74) is 1.64. The van der Waals surface area contributed by atoms with Gasteiger partial charge in [-0.25, -0.2) is 4.98 Å². The van der Waals surface area contributed by atoms with Gasteiger partial charge in [0.2, 0.25) is 0 Å². The molecule has 0 aliphatic heterocycles. The molecule has 0 radical (unpaired) electrons. The number of hydrogen-bond acceptors (Lipinski definition) is 2. The molecule has 1 N–H and O–H groups in total. The fourth-order valence-corrected chi connectivity index (χ4v) is 1.50. The zero-order valence-corrected chi connectivity index (χ0v) is 11.2. The molecular formula is C13H25N3. The third-order valence-electron chi connectivity index (χ3n) is 3.37. The van der Waals surface area contributed by atoms with Crippen LogP contribution in [0, 0.1) is 11.3 Å². The Hall–Kier alpha value is -0.830. The number of nitrogens with one attached hydrogen (secondary N) is 1. The van der Waals surface area contributed by atoms with Gasteiger partial charge < -0.3 is 9.88 Å². The van der Waals surface area contributed by atoms with Gasteiger partial charge in [-0.2, -0.15) is 0 Å². The van der Waals surface area contributed by atoms with Crippen molar-refractivity contribution >= 4 is 0 Å². The molecule has 92 valence electrons. The third-order valence-corrected chi connectivity index (χ3v) is 3.37. The van der Waals surface area contributed by atoms with Crippen LogP contribution < -0.4 is 5.32 Å². The van der Waals surface area contributed by atoms with Crippen LogP contribution in [0.5, 0.6) is 0 Å². The van der Waals surface area contributed by atoms with Gasteiger partial charge in [0.25, 0.3) is 0 Å². The van der Waals surface area contributed by atoms with E-state index < -0.39 is 0 Å². The second-order valence-corrected chi connectivity index (χ2v) is 5.57. The molecule has 1 aromatic rings. The quantitative estimate of drug-likeness (QED) is 0.831. The number of rotatable bonds is 5. The van der Waals surface area contributed by atoms with Crippen LogP contribution in [0.1, 0.15) is 40.3 Å². The maximum atomic E-state index is 4.16. The molecule has 0 spiro atoms. The zero-order chi connectivity index (χ0) is 12.2. The van der Waals surface area contributed by atoms with Crippen molar-refractivity contribution in [2.45, 2.75) is 47.7 Å². The van der Waals surface area contributed by atoms with Crippen molar-refractivity contribution < 1.29 is 0 Å². The fraction of sp³-hybridized carbons (Fsp3) is 0.769. The molecule has 0 aliphatic rings. The van der Waals surface area contributed by atoms with Crippen LogP contribution in [0.4, 0.5) is 0 Å². The largest absolute Gasteiger partial charge is 0.334 e. The Morgan fingerprint density at radius 2 is 2.12 bits per heavy atom. The van der Waals surface area contributed by atoms with E-state index in [4.69, 9.17) is 0 Å². The maximum absolute atomic E-state index is 4.16. The van der Waals surface area contributed by atoms with Crippen LogP contribution in [-0.4, -0.2) is 16.1 Å². The van der Waals surface area contributed by atoms with Crippen LogP contribution in [0.15, 0.2) is 12.5 Å². The van der Waals surface area contributed by atoms with Crippen molar-refractivity contribution in [2.75, 3.05) is 6.54 Å². The summed E-state index contributed by atoms with van der Waals surface area (Å²) in [6.45, 7) is 14.3. The Bertz CT molecular complexity index is 309. The van der Waals surface area contributed by atoms with Crippen LogP contribution in [0.2, 0.25) is 0 Å². The number of nitrogens with zero attached hydrogens (tertiary/aromatic N) is 2. The van der Waals surface area contributed by atoms with E-state index in [0.29, 0.717) is 11.3 Å². The molecule has 1 unspecified atom stereocenters. The van der Waals surface area contributed by atoms with Crippen LogP contribution in [0.25, 0.3) is 0 Å². The first kappa shape index (κ1) is 13.2. The Balaban J connectivity index is 2.36. The first-order valence-electron chi connectivity index (χ1n) is 6.15. The normalized spacial score (nSPS) is 14.1. The molecule has 1 heterocycles. The Labute approximate surface area is 99.3 Å². The Kier molecular flexibility index (Phi) is 4.54. The topological polar surface area (TPSA) is 29.9 Å². The predicted octanol–water partition coefficient (Wildman–Crippen LogP) is 2.67. The lowest BCUT2D eigenvalue weighted by Crippen LogP contribution is -2.29. The van der Waals surface area contributed by atoms with Gasteiger partial charge in [0.1, 0.15) is 0 Å². The summed E-state index contributed by atoms with van der Waals surface area (Å²) in [6.07, 6.45) is 3.84. The predicted molar refractivity (Wildman–Crippen MR) is 68.2 cm³/mol. The Morgan fingerprint density at radius 3 is 2.69 bits per heavy atom. The molecule has 0 aliphatic carbocycles. The fourth-order valence-electron chi connectivity index (χ4n) is 1.50. The molecule has 0 fully saturated rings. The molecule has 1 rings (SSSR count). The maximum Gasteiger partial charge on any atom is 0.0948 e. The van der Waals surface area contributed by atoms with Crippen LogP contribution in [-0.2, 0) is 13.1 Å². The van der Waals surface area contributed by atoms with E-state index in [0.717, 1.165) is 19.6 Å². The number of aryl methyl sites for hydroxylation is 1. The minimum absolute atomic E-state index is 0.373. The van der Waals surface area contributed by atoms with Crippen molar-refractivity contribution in [3.8, 4) is 0 Å². The highest BCUT2D eigenvalue weighted by Gasteiger charge is 2.19. The van der Waals surface area contributed by atoms with E-state index in [1.807, 2.05) is 12.5 Å². The molecule has 1 atom stereocenters. The summed E-state index contributed by atoms with van der Waals surface area (Å²) in [5.74, 6) is 0.672. The summed E-state index contributed by atoms with van der Waals surface area (Å²) >= 11 is 0. The number of aromatic nitrogens is 2. The van der Waals surface area contributed by atoms with Crippen molar-refractivity contribution in [3.05, 3.63) is 18.2 Å². The zero-order valence-electron chi connectivity index (χ0n) is 11.2. The summed E-state index contributed by atoms with van der Waals surface area (Å²) < 4.78 is 2.18. The minimum atomic E-state index is 0.373. The molecule has 0 saturated heterocycles. The first-order valence-corrected chi connectivity index (χ1v) is 6.15. The molecule has 0 saturated carbocycles. The van der Waals surface area contributed by atoms with Crippen molar-refractivity contribution in [1.29, 1.82) is 0 Å². The molecule has 1 aromatic heterocycles. The van der Waals surface area contributed by atoms with E-state index in [1.165, 1.54) is 5.69 Å². The SMILES string of the molecule is CCn1cncc1CNCC(C)C(C)(C)C. The number of hydrogen-bond donors (Lipinski definition) is 1. The van der Waals surface area contributed by atoms with Gasteiger partial charge in [0.05, 0.1) is 12.0 Å². The van der Waals surface area contributed by atoms with Crippen LogP contribution in [0.3, 0.4) is 0 Å². The lowest BCUT2D eigenvalue weighted by Gasteiger charge is -2.27. The molecule has 3 heteroatoms. The van der Waals surface area contributed by atoms with E-state index in [-0.39, 0.29) is 0 Å². The summed E-state index contributed by atoms with van der Waals surface area (Å²) in [5, 5.41) is 3.51. The van der Waals surface area contributed by atoms with E-state index >= 15 is 0 Å². The molecule has 16 heavy (non-hydrogen) atoms. The Morgan fingerprint density at radius 1 is 1.44 bits per heavy atom. The molecule has 0 aromatic carbocycles. The van der Waals surface area contributed by atoms with Gasteiger partial charge in [0, 0.05) is 19.3 Å². The summed E-state index contributed by atoms with van der Waals surface area (Å²) in [4.78, 5) is 4.16. The van der Waals surface area contributed by atoms with Gasteiger partial charge in [-0.05, 0) is 24.8 Å². The monoisotopic (exact) mass is 223 g/mol. The standard InChI is InChI=1S/C13H25N3/c1-6-16-10-15-9-12(16)8-14-7-11(2)13(3,4)5/h9-11,14H,6-8H2,1-5H3. The second-order valence-electron chi connectivity index (χ2n) is 5.57. The van der Waals surface area contributed by atoms with Crippen LogP contribution >= 0.6 is 0 Å². The van der Waals surface area contributed by atoms with E-state index in [9.17, 15) is 0 Å². The highest BCUT2D eigenvalue weighted by molar-refractivity contribution is 4.97. The molecule has 0 bridgehead atoms. The van der Waals surface area contributed by atoms with Gasteiger partial charge >= 0.3 is 0 Å². The molecular weight excluding hydrogens is 198 g/mol. The van der Waals surface area contributed by atoms with Gasteiger partial charge in [-0.3, -0.25) is 0 Å². The van der Waals surface area contributed by atoms with Crippen molar-refractivity contribution in [2.24, 2.45) is 11.3 Å². The average Bonchev–Trinajstić information content (AvgIpc) is 2.63. The highest BCUT2D eigenvalue weighted by atomic mass is 15.1. The first-order chi connectivity index (χ1) is 7.45. The van der Waals surface area contributed by atoms with Gasteiger partial charge in [-0.1, -0.05) is 27.7 Å². The smallest absolute Gasteiger partial charge is 0.0948 e.